The van der Waals surface area contributed by atoms with Crippen molar-refractivity contribution in [3.05, 3.63) is 52.0 Å². The number of halogens is 2. The number of fused-ring (bicyclic) bond motifs is 1. The van der Waals surface area contributed by atoms with Crippen LogP contribution in [-0.4, -0.2) is 63.2 Å². The second-order valence-corrected chi connectivity index (χ2v) is 12.3. The van der Waals surface area contributed by atoms with E-state index in [2.05, 4.69) is 5.32 Å². The number of hydrogen-bond acceptors (Lipinski definition) is 6. The van der Waals surface area contributed by atoms with Crippen LogP contribution in [-0.2, 0) is 26.2 Å². The lowest BCUT2D eigenvalue weighted by atomic mass is 10.1. The summed E-state index contributed by atoms with van der Waals surface area (Å²) in [5.74, 6) is 0.493. The van der Waals surface area contributed by atoms with Gasteiger partial charge in [0, 0.05) is 31.6 Å². The normalized spacial score (nSPS) is 13.6. The number of carbonyl (C=O) groups excluding carboxylic acids is 2. The quantitative estimate of drug-likeness (QED) is 0.381. The lowest BCUT2D eigenvalue weighted by Gasteiger charge is -2.31. The molecule has 2 amide bonds. The third-order valence-corrected chi connectivity index (χ3v) is 8.05. The highest BCUT2D eigenvalue weighted by atomic mass is 35.5. The summed E-state index contributed by atoms with van der Waals surface area (Å²) in [4.78, 5) is 28.0. The maximum absolute atomic E-state index is 13.5. The number of nitrogens with one attached hydrogen (secondary N) is 1. The smallest absolute Gasteiger partial charge is 0.243 e. The van der Waals surface area contributed by atoms with Crippen LogP contribution in [0.3, 0.4) is 0 Å². The SMILES string of the molecule is CC[C@@H](C(=O)NC(C)C)N(Cc1ccc(Cl)c(Cl)c1)C(=O)CCCN(c1ccc2c(c1)OCCO2)S(C)(=O)=O. The fourth-order valence-corrected chi connectivity index (χ4v) is 5.60. The molecule has 0 aliphatic carbocycles. The van der Waals surface area contributed by atoms with E-state index < -0.39 is 16.1 Å². The van der Waals surface area contributed by atoms with Gasteiger partial charge in [-0.05, 0) is 56.5 Å². The zero-order valence-electron chi connectivity index (χ0n) is 22.6. The lowest BCUT2D eigenvalue weighted by molar-refractivity contribution is -0.141. The van der Waals surface area contributed by atoms with Gasteiger partial charge in [0.1, 0.15) is 19.3 Å². The van der Waals surface area contributed by atoms with E-state index in [0.717, 1.165) is 11.8 Å². The van der Waals surface area contributed by atoms with Gasteiger partial charge in [-0.3, -0.25) is 13.9 Å². The van der Waals surface area contributed by atoms with Crippen molar-refractivity contribution < 1.29 is 27.5 Å². The van der Waals surface area contributed by atoms with E-state index in [0.29, 0.717) is 46.9 Å². The molecule has 0 aromatic heterocycles. The first-order valence-corrected chi connectivity index (χ1v) is 15.4. The van der Waals surface area contributed by atoms with E-state index in [9.17, 15) is 18.0 Å². The van der Waals surface area contributed by atoms with Crippen molar-refractivity contribution in [3.8, 4) is 11.5 Å². The topological polar surface area (TPSA) is 105 Å². The van der Waals surface area contributed by atoms with E-state index in [4.69, 9.17) is 32.7 Å². The molecule has 9 nitrogen and oxygen atoms in total. The first-order valence-electron chi connectivity index (χ1n) is 12.8. The van der Waals surface area contributed by atoms with Crippen molar-refractivity contribution in [2.75, 3.05) is 30.3 Å². The van der Waals surface area contributed by atoms with Gasteiger partial charge in [-0.25, -0.2) is 8.42 Å². The molecule has 1 aliphatic heterocycles. The Morgan fingerprint density at radius 2 is 1.72 bits per heavy atom. The summed E-state index contributed by atoms with van der Waals surface area (Å²) in [6, 6.07) is 9.22. The number of carbonyl (C=O) groups is 2. The molecule has 1 aliphatic rings. The number of nitrogens with zero attached hydrogens (tertiary/aromatic N) is 2. The van der Waals surface area contributed by atoms with Crippen LogP contribution in [0.5, 0.6) is 11.5 Å². The maximum atomic E-state index is 13.5. The number of sulfonamides is 1. The Kier molecular flexibility index (Phi) is 10.7. The molecule has 3 rings (SSSR count). The third kappa shape index (κ3) is 8.40. The number of ether oxygens (including phenoxy) is 2. The van der Waals surface area contributed by atoms with E-state index in [-0.39, 0.29) is 43.8 Å². The molecule has 39 heavy (non-hydrogen) atoms. The minimum atomic E-state index is -3.65. The van der Waals surface area contributed by atoms with Crippen LogP contribution >= 0.6 is 23.2 Å². The molecular formula is C27H35Cl2N3O6S. The second kappa shape index (κ2) is 13.6. The average Bonchev–Trinajstić information content (AvgIpc) is 2.87. The minimum absolute atomic E-state index is 0.0311. The van der Waals surface area contributed by atoms with Crippen LogP contribution in [0.4, 0.5) is 5.69 Å². The van der Waals surface area contributed by atoms with E-state index >= 15 is 0 Å². The first kappa shape index (κ1) is 30.8. The van der Waals surface area contributed by atoms with Gasteiger partial charge in [0.05, 0.1) is 22.0 Å². The van der Waals surface area contributed by atoms with Crippen LogP contribution < -0.4 is 19.1 Å². The third-order valence-electron chi connectivity index (χ3n) is 6.12. The molecule has 0 unspecified atom stereocenters. The molecule has 0 fully saturated rings. The Hall–Kier alpha value is -2.69. The molecule has 0 bridgehead atoms. The minimum Gasteiger partial charge on any atom is -0.486 e. The van der Waals surface area contributed by atoms with Crippen LogP contribution in [0.15, 0.2) is 36.4 Å². The summed E-state index contributed by atoms with van der Waals surface area (Å²) < 4.78 is 37.6. The van der Waals surface area contributed by atoms with Gasteiger partial charge in [-0.15, -0.1) is 0 Å². The van der Waals surface area contributed by atoms with E-state index in [1.165, 1.54) is 9.21 Å². The van der Waals surface area contributed by atoms with Crippen LogP contribution in [0.1, 0.15) is 45.6 Å². The number of benzene rings is 2. The monoisotopic (exact) mass is 599 g/mol. The van der Waals surface area contributed by atoms with Gasteiger partial charge >= 0.3 is 0 Å². The molecule has 0 spiro atoms. The maximum Gasteiger partial charge on any atom is 0.243 e. The van der Waals surface area contributed by atoms with E-state index in [1.807, 2.05) is 20.8 Å². The molecule has 1 atom stereocenters. The Morgan fingerprint density at radius 1 is 1.03 bits per heavy atom. The van der Waals surface area contributed by atoms with Gasteiger partial charge in [-0.2, -0.15) is 0 Å². The zero-order valence-corrected chi connectivity index (χ0v) is 24.9. The highest BCUT2D eigenvalue weighted by Crippen LogP contribution is 2.35. The predicted molar refractivity (Wildman–Crippen MR) is 153 cm³/mol. The molecule has 2 aromatic carbocycles. The fourth-order valence-electron chi connectivity index (χ4n) is 4.33. The van der Waals surface area contributed by atoms with Crippen molar-refractivity contribution in [3.63, 3.8) is 0 Å². The lowest BCUT2D eigenvalue weighted by Crippen LogP contribution is -2.50. The van der Waals surface area contributed by atoms with Crippen molar-refractivity contribution in [2.45, 2.75) is 58.7 Å². The molecule has 214 valence electrons. The van der Waals surface area contributed by atoms with Crippen LogP contribution in [0, 0.1) is 0 Å². The summed E-state index contributed by atoms with van der Waals surface area (Å²) in [5.41, 5.74) is 1.15. The van der Waals surface area contributed by atoms with E-state index in [1.54, 1.807) is 36.4 Å². The number of hydrogen-bond donors (Lipinski definition) is 1. The molecule has 0 saturated heterocycles. The average molecular weight is 601 g/mol. The summed E-state index contributed by atoms with van der Waals surface area (Å²) in [6.07, 6.45) is 1.79. The second-order valence-electron chi connectivity index (χ2n) is 9.62. The summed E-state index contributed by atoms with van der Waals surface area (Å²) in [6.45, 7) is 6.57. The number of anilines is 1. The highest BCUT2D eigenvalue weighted by molar-refractivity contribution is 7.92. The molecular weight excluding hydrogens is 565 g/mol. The van der Waals surface area contributed by atoms with Gasteiger partial charge < -0.3 is 19.7 Å². The molecule has 0 saturated carbocycles. The largest absolute Gasteiger partial charge is 0.486 e. The van der Waals surface area contributed by atoms with Crippen molar-refractivity contribution in [2.24, 2.45) is 0 Å². The molecule has 2 aromatic rings. The van der Waals surface area contributed by atoms with Crippen molar-refractivity contribution in [1.82, 2.24) is 10.2 Å². The number of rotatable bonds is 12. The Bertz CT molecular complexity index is 1290. The highest BCUT2D eigenvalue weighted by Gasteiger charge is 2.29. The van der Waals surface area contributed by atoms with Crippen molar-refractivity contribution >= 4 is 50.7 Å². The van der Waals surface area contributed by atoms with Gasteiger partial charge in [-0.1, -0.05) is 36.2 Å². The Balaban J connectivity index is 1.79. The molecule has 12 heteroatoms. The van der Waals surface area contributed by atoms with Gasteiger partial charge in [0.15, 0.2) is 11.5 Å². The molecule has 1 N–H and O–H groups in total. The zero-order chi connectivity index (χ0) is 28.7. The first-order chi connectivity index (χ1) is 18.4. The Labute approximate surface area is 240 Å². The van der Waals surface area contributed by atoms with Crippen LogP contribution in [0.25, 0.3) is 0 Å². The summed E-state index contributed by atoms with van der Waals surface area (Å²) >= 11 is 12.2. The molecule has 0 radical (unpaired) electrons. The van der Waals surface area contributed by atoms with Crippen molar-refractivity contribution in [1.29, 1.82) is 0 Å². The summed E-state index contributed by atoms with van der Waals surface area (Å²) in [7, 11) is -3.65. The fraction of sp³-hybridized carbons (Fsp3) is 0.481. The number of amides is 2. The standard InChI is InChI=1S/C27H35Cl2N3O6S/c1-5-23(27(34)30-18(2)3)31(17-19-8-10-21(28)22(29)15-19)26(33)7-6-12-32(39(4,35)36)20-9-11-24-25(16-20)38-14-13-37-24/h8-11,15-16,18,23H,5-7,12-14,17H2,1-4H3,(H,30,34)/t23-/m0/s1. The van der Waals surface area contributed by atoms with Crippen LogP contribution in [0.2, 0.25) is 10.0 Å². The predicted octanol–water partition coefficient (Wildman–Crippen LogP) is 4.64. The Morgan fingerprint density at radius 3 is 2.33 bits per heavy atom. The molecule has 1 heterocycles. The van der Waals surface area contributed by atoms with Gasteiger partial charge in [0.25, 0.3) is 0 Å². The van der Waals surface area contributed by atoms with Gasteiger partial charge in [0.2, 0.25) is 21.8 Å². The summed E-state index contributed by atoms with van der Waals surface area (Å²) in [5, 5.41) is 3.63.